The van der Waals surface area contributed by atoms with Crippen LogP contribution in [0.4, 0.5) is 0 Å². The van der Waals surface area contributed by atoms with Gasteiger partial charge in [-0.05, 0) is 12.1 Å². The topological polar surface area (TPSA) is 48.1 Å². The van der Waals surface area contributed by atoms with Gasteiger partial charge in [-0.3, -0.25) is 0 Å². The Morgan fingerprint density at radius 3 is 3.00 bits per heavy atom. The van der Waals surface area contributed by atoms with E-state index in [1.165, 1.54) is 9.71 Å². The fourth-order valence-corrected chi connectivity index (χ4v) is 3.12. The molecule has 3 nitrogen and oxygen atoms in total. The van der Waals surface area contributed by atoms with Crippen LogP contribution in [0.25, 0.3) is 10.2 Å². The first-order chi connectivity index (χ1) is 7.83. The van der Waals surface area contributed by atoms with Gasteiger partial charge in [0.25, 0.3) is 0 Å². The van der Waals surface area contributed by atoms with Gasteiger partial charge in [-0.25, -0.2) is 4.98 Å². The Bertz CT molecular complexity index is 463. The molecule has 1 fully saturated rings. The van der Waals surface area contributed by atoms with E-state index >= 15 is 0 Å². The van der Waals surface area contributed by atoms with E-state index in [1.807, 2.05) is 6.07 Å². The molecule has 0 unspecified atom stereocenters. The first-order valence-corrected chi connectivity index (χ1v) is 6.32. The average molecular weight is 234 g/mol. The number of aromatic nitrogens is 1. The molecular weight excluding hydrogens is 220 g/mol. The quantitative estimate of drug-likeness (QED) is 0.862. The number of para-hydroxylation sites is 1. The second kappa shape index (κ2) is 4.13. The fraction of sp³-hybridized carbons (Fsp3) is 0.417. The van der Waals surface area contributed by atoms with Crippen molar-refractivity contribution in [1.82, 2.24) is 4.98 Å². The zero-order chi connectivity index (χ0) is 11.0. The van der Waals surface area contributed by atoms with Crippen molar-refractivity contribution in [2.75, 3.05) is 13.2 Å². The van der Waals surface area contributed by atoms with Crippen LogP contribution in [-0.4, -0.2) is 24.2 Å². The number of nitrogens with zero attached hydrogens (tertiary/aromatic N) is 1. The molecule has 2 heterocycles. The number of thiazole rings is 1. The monoisotopic (exact) mass is 234 g/mol. The molecule has 4 heteroatoms. The summed E-state index contributed by atoms with van der Waals surface area (Å²) in [6.45, 7) is 1.46. The molecule has 84 valence electrons. The van der Waals surface area contributed by atoms with Crippen LogP contribution in [0.5, 0.6) is 0 Å². The largest absolute Gasteiger partial charge is 0.379 e. The minimum atomic E-state index is 0.173. The van der Waals surface area contributed by atoms with Crippen LogP contribution in [0.2, 0.25) is 0 Å². The number of hydrogen-bond acceptors (Lipinski definition) is 4. The van der Waals surface area contributed by atoms with E-state index in [-0.39, 0.29) is 6.04 Å². The molecule has 1 aliphatic heterocycles. The average Bonchev–Trinajstić information content (AvgIpc) is 2.85. The molecule has 0 amide bonds. The summed E-state index contributed by atoms with van der Waals surface area (Å²) in [7, 11) is 0. The predicted molar refractivity (Wildman–Crippen MR) is 65.6 cm³/mol. The second-order valence-electron chi connectivity index (χ2n) is 4.24. The molecule has 0 aliphatic carbocycles. The maximum Gasteiger partial charge on any atom is 0.0942 e. The predicted octanol–water partition coefficient (Wildman–Crippen LogP) is 1.81. The zero-order valence-corrected chi connectivity index (χ0v) is 9.74. The van der Waals surface area contributed by atoms with Crippen LogP contribution < -0.4 is 5.73 Å². The summed E-state index contributed by atoms with van der Waals surface area (Å²) in [5.41, 5.74) is 7.07. The molecule has 1 aromatic carbocycles. The van der Waals surface area contributed by atoms with Crippen molar-refractivity contribution >= 4 is 21.6 Å². The Labute approximate surface area is 98.2 Å². The van der Waals surface area contributed by atoms with Crippen molar-refractivity contribution in [2.45, 2.75) is 12.5 Å². The summed E-state index contributed by atoms with van der Waals surface area (Å²) in [5, 5.41) is 1.17. The molecular formula is C12H14N2OS. The van der Waals surface area contributed by atoms with Gasteiger partial charge in [-0.2, -0.15) is 0 Å². The number of ether oxygens (including phenoxy) is 1. The smallest absolute Gasteiger partial charge is 0.0942 e. The van der Waals surface area contributed by atoms with Crippen molar-refractivity contribution in [3.8, 4) is 0 Å². The van der Waals surface area contributed by atoms with Crippen LogP contribution in [0.3, 0.4) is 0 Å². The lowest BCUT2D eigenvalue weighted by molar-refractivity contribution is 0.184. The maximum atomic E-state index is 5.97. The Balaban J connectivity index is 1.83. The van der Waals surface area contributed by atoms with E-state index in [9.17, 15) is 0 Å². The summed E-state index contributed by atoms with van der Waals surface area (Å²) in [6, 6.07) is 8.42. The van der Waals surface area contributed by atoms with Crippen LogP contribution in [0, 0.1) is 5.92 Å². The van der Waals surface area contributed by atoms with Gasteiger partial charge in [0, 0.05) is 18.4 Å². The lowest BCUT2D eigenvalue weighted by Crippen LogP contribution is -2.29. The van der Waals surface area contributed by atoms with Gasteiger partial charge in [-0.1, -0.05) is 12.1 Å². The van der Waals surface area contributed by atoms with Crippen LogP contribution in [0.15, 0.2) is 24.3 Å². The first kappa shape index (κ1) is 10.2. The van der Waals surface area contributed by atoms with Gasteiger partial charge in [0.1, 0.15) is 0 Å². The van der Waals surface area contributed by atoms with Crippen LogP contribution in [0.1, 0.15) is 5.01 Å². The van der Waals surface area contributed by atoms with Crippen molar-refractivity contribution in [2.24, 2.45) is 11.7 Å². The standard InChI is InChI=1S/C12H14N2OS/c13-9-7-15-6-8(9)5-12-14-10-3-1-2-4-11(10)16-12/h1-4,8-9H,5-7,13H2/t8-,9+/m1/s1. The molecule has 3 rings (SSSR count). The number of hydrogen-bond donors (Lipinski definition) is 1. The Hall–Kier alpha value is -0.970. The van der Waals surface area contributed by atoms with E-state index in [0.29, 0.717) is 12.5 Å². The lowest BCUT2D eigenvalue weighted by Gasteiger charge is -2.09. The molecule has 1 aliphatic rings. The molecule has 0 saturated carbocycles. The van der Waals surface area contributed by atoms with E-state index < -0.39 is 0 Å². The summed E-state index contributed by atoms with van der Waals surface area (Å²) < 4.78 is 6.62. The highest BCUT2D eigenvalue weighted by Gasteiger charge is 2.25. The summed E-state index contributed by atoms with van der Waals surface area (Å²) >= 11 is 1.76. The highest BCUT2D eigenvalue weighted by atomic mass is 32.1. The second-order valence-corrected chi connectivity index (χ2v) is 5.36. The Kier molecular flexibility index (Phi) is 2.63. The SMILES string of the molecule is N[C@H]1COC[C@H]1Cc1nc2ccccc2s1. The van der Waals surface area contributed by atoms with Gasteiger partial charge < -0.3 is 10.5 Å². The lowest BCUT2D eigenvalue weighted by atomic mass is 10.0. The normalized spacial score (nSPS) is 25.3. The van der Waals surface area contributed by atoms with Crippen molar-refractivity contribution in [1.29, 1.82) is 0 Å². The van der Waals surface area contributed by atoms with Crippen molar-refractivity contribution < 1.29 is 4.74 Å². The highest BCUT2D eigenvalue weighted by Crippen LogP contribution is 2.25. The third-order valence-electron chi connectivity index (χ3n) is 3.02. The third-order valence-corrected chi connectivity index (χ3v) is 4.08. The third kappa shape index (κ3) is 1.84. The maximum absolute atomic E-state index is 5.97. The number of benzene rings is 1. The van der Waals surface area contributed by atoms with E-state index in [1.54, 1.807) is 11.3 Å². The van der Waals surface area contributed by atoms with Gasteiger partial charge in [0.05, 0.1) is 28.4 Å². The number of rotatable bonds is 2. The van der Waals surface area contributed by atoms with Crippen molar-refractivity contribution in [3.63, 3.8) is 0 Å². The Morgan fingerprint density at radius 2 is 2.25 bits per heavy atom. The number of fused-ring (bicyclic) bond motifs is 1. The summed E-state index contributed by atoms with van der Waals surface area (Å²) in [4.78, 5) is 4.62. The Morgan fingerprint density at radius 1 is 1.38 bits per heavy atom. The van der Waals surface area contributed by atoms with Crippen LogP contribution >= 0.6 is 11.3 Å². The van der Waals surface area contributed by atoms with Crippen molar-refractivity contribution in [3.05, 3.63) is 29.3 Å². The minimum absolute atomic E-state index is 0.173. The summed E-state index contributed by atoms with van der Waals surface area (Å²) in [5.74, 6) is 0.431. The molecule has 16 heavy (non-hydrogen) atoms. The molecule has 0 spiro atoms. The van der Waals surface area contributed by atoms with Gasteiger partial charge in [0.2, 0.25) is 0 Å². The zero-order valence-electron chi connectivity index (χ0n) is 8.93. The molecule has 2 N–H and O–H groups in total. The highest BCUT2D eigenvalue weighted by molar-refractivity contribution is 7.18. The fourth-order valence-electron chi connectivity index (χ4n) is 2.06. The number of nitrogens with two attached hydrogens (primary N) is 1. The molecule has 2 aromatic rings. The van der Waals surface area contributed by atoms with Gasteiger partial charge in [0.15, 0.2) is 0 Å². The molecule has 1 aromatic heterocycles. The minimum Gasteiger partial charge on any atom is -0.379 e. The molecule has 2 atom stereocenters. The van der Waals surface area contributed by atoms with Crippen LogP contribution in [-0.2, 0) is 11.2 Å². The summed E-state index contributed by atoms with van der Waals surface area (Å²) in [6.07, 6.45) is 0.945. The molecule has 0 bridgehead atoms. The van der Waals surface area contributed by atoms with E-state index in [2.05, 4.69) is 23.2 Å². The molecule has 1 saturated heterocycles. The van der Waals surface area contributed by atoms with E-state index in [4.69, 9.17) is 10.5 Å². The van der Waals surface area contributed by atoms with Gasteiger partial charge >= 0.3 is 0 Å². The van der Waals surface area contributed by atoms with Gasteiger partial charge in [-0.15, -0.1) is 11.3 Å². The first-order valence-electron chi connectivity index (χ1n) is 5.51. The van der Waals surface area contributed by atoms with E-state index in [0.717, 1.165) is 18.5 Å². The molecule has 0 radical (unpaired) electrons.